The largest absolute Gasteiger partial charge is 0.274 e. The Balaban J connectivity index is 2.83. The van der Waals surface area contributed by atoms with E-state index in [0.717, 1.165) is 4.83 Å². The van der Waals surface area contributed by atoms with Gasteiger partial charge in [-0.2, -0.15) is 5.10 Å². The van der Waals surface area contributed by atoms with Gasteiger partial charge in [0.05, 0.1) is 0 Å². The molecule has 0 amide bonds. The van der Waals surface area contributed by atoms with Gasteiger partial charge in [-0.25, -0.2) is 0 Å². The lowest BCUT2D eigenvalue weighted by Crippen LogP contribution is -1.84. The fraction of sp³-hybridized carbons (Fsp3) is 0.286. The van der Waals surface area contributed by atoms with E-state index in [2.05, 4.69) is 18.1 Å². The van der Waals surface area contributed by atoms with Gasteiger partial charge in [-0.15, -0.1) is 11.3 Å². The first-order valence-corrected chi connectivity index (χ1v) is 3.97. The van der Waals surface area contributed by atoms with Gasteiger partial charge < -0.3 is 0 Å². The smallest absolute Gasteiger partial charge is 0.145 e. The molecule has 10 heavy (non-hydrogen) atoms. The minimum Gasteiger partial charge on any atom is -0.274 e. The number of aryl methyl sites for hydroxylation is 2. The zero-order valence-corrected chi connectivity index (χ0v) is 6.77. The molecule has 0 saturated carbocycles. The van der Waals surface area contributed by atoms with Crippen molar-refractivity contribution in [3.05, 3.63) is 17.1 Å². The summed E-state index contributed by atoms with van der Waals surface area (Å²) >= 11 is 1.74. The van der Waals surface area contributed by atoms with Crippen molar-refractivity contribution >= 4 is 21.6 Å². The molecule has 0 unspecified atom stereocenters. The number of rotatable bonds is 0. The van der Waals surface area contributed by atoms with Crippen LogP contribution >= 0.6 is 11.3 Å². The predicted molar refractivity (Wildman–Crippen MR) is 43.3 cm³/mol. The maximum atomic E-state index is 4.27. The molecule has 0 saturated heterocycles. The summed E-state index contributed by atoms with van der Waals surface area (Å²) in [7, 11) is 1.95. The summed E-state index contributed by atoms with van der Waals surface area (Å²) in [4.78, 5) is 2.47. The first-order valence-electron chi connectivity index (χ1n) is 3.15. The highest BCUT2D eigenvalue weighted by Crippen LogP contribution is 2.22. The Morgan fingerprint density at radius 2 is 2.40 bits per heavy atom. The van der Waals surface area contributed by atoms with Crippen molar-refractivity contribution in [3.63, 3.8) is 0 Å². The van der Waals surface area contributed by atoms with Gasteiger partial charge in [0, 0.05) is 23.5 Å². The van der Waals surface area contributed by atoms with Crippen LogP contribution < -0.4 is 0 Å². The van der Waals surface area contributed by atoms with E-state index in [-0.39, 0.29) is 0 Å². The Bertz CT molecular complexity index is 295. The number of aromatic nitrogens is 2. The molecule has 0 radical (unpaired) electrons. The molecule has 0 aliphatic heterocycles. The minimum absolute atomic E-state index is 1.14. The van der Waals surface area contributed by atoms with Gasteiger partial charge in [-0.3, -0.25) is 4.68 Å². The van der Waals surface area contributed by atoms with Gasteiger partial charge in [0.2, 0.25) is 0 Å². The normalized spacial score (nSPS) is 11.0. The molecule has 0 bridgehead atoms. The van der Waals surface area contributed by atoms with Crippen LogP contribution in [-0.4, -0.2) is 9.78 Å². The van der Waals surface area contributed by atoms with Crippen LogP contribution in [0.4, 0.5) is 0 Å². The van der Waals surface area contributed by atoms with Gasteiger partial charge in [0.15, 0.2) is 0 Å². The molecule has 2 nitrogen and oxygen atoms in total. The van der Waals surface area contributed by atoms with Crippen molar-refractivity contribution in [2.45, 2.75) is 6.92 Å². The van der Waals surface area contributed by atoms with E-state index >= 15 is 0 Å². The van der Waals surface area contributed by atoms with Crippen molar-refractivity contribution in [1.29, 1.82) is 0 Å². The summed E-state index contributed by atoms with van der Waals surface area (Å²) in [6.45, 7) is 2.10. The Labute approximate surface area is 63.1 Å². The molecule has 0 aliphatic rings. The van der Waals surface area contributed by atoms with Crippen molar-refractivity contribution in [3.8, 4) is 0 Å². The standard InChI is InChI=1S/C7H8N2S/c1-5-3-6-4-9(2)8-7(6)10-5/h3-4H,1-2H3. The van der Waals surface area contributed by atoms with E-state index in [4.69, 9.17) is 0 Å². The number of nitrogens with zero attached hydrogens (tertiary/aromatic N) is 2. The molecule has 0 fully saturated rings. The average Bonchev–Trinajstić information content (AvgIpc) is 2.21. The molecule has 0 aromatic carbocycles. The molecule has 0 N–H and O–H groups in total. The average molecular weight is 152 g/mol. The first-order chi connectivity index (χ1) is 4.75. The molecule has 2 heterocycles. The monoisotopic (exact) mass is 152 g/mol. The third-order valence-electron chi connectivity index (χ3n) is 1.44. The van der Waals surface area contributed by atoms with Crippen LogP contribution in [0.3, 0.4) is 0 Å². The van der Waals surface area contributed by atoms with Crippen molar-refractivity contribution in [2.75, 3.05) is 0 Å². The zero-order chi connectivity index (χ0) is 7.14. The zero-order valence-electron chi connectivity index (χ0n) is 5.96. The first kappa shape index (κ1) is 5.92. The molecule has 3 heteroatoms. The van der Waals surface area contributed by atoms with E-state index in [1.54, 1.807) is 11.3 Å². The molecular formula is C7H8N2S. The van der Waals surface area contributed by atoms with Crippen molar-refractivity contribution in [2.24, 2.45) is 7.05 Å². The molecule has 2 aromatic rings. The molecule has 0 spiro atoms. The predicted octanol–water partition coefficient (Wildman–Crippen LogP) is 1.94. The third kappa shape index (κ3) is 0.743. The van der Waals surface area contributed by atoms with E-state index in [9.17, 15) is 0 Å². The lowest BCUT2D eigenvalue weighted by molar-refractivity contribution is 0.781. The lowest BCUT2D eigenvalue weighted by atomic mass is 10.4. The topological polar surface area (TPSA) is 17.8 Å². The van der Waals surface area contributed by atoms with Crippen LogP contribution in [0.15, 0.2) is 12.3 Å². The summed E-state index contributed by atoms with van der Waals surface area (Å²) in [6.07, 6.45) is 2.04. The molecule has 52 valence electrons. The summed E-state index contributed by atoms with van der Waals surface area (Å²) in [5.74, 6) is 0. The highest BCUT2D eigenvalue weighted by molar-refractivity contribution is 7.18. The second-order valence-electron chi connectivity index (χ2n) is 2.42. The van der Waals surface area contributed by atoms with Gasteiger partial charge in [-0.1, -0.05) is 0 Å². The molecule has 0 aliphatic carbocycles. The quantitative estimate of drug-likeness (QED) is 0.564. The Hall–Kier alpha value is -0.830. The second-order valence-corrected chi connectivity index (χ2v) is 3.66. The summed E-state index contributed by atoms with van der Waals surface area (Å²) in [6, 6.07) is 2.16. The molecule has 2 aromatic heterocycles. The maximum Gasteiger partial charge on any atom is 0.145 e. The van der Waals surface area contributed by atoms with E-state index in [1.165, 1.54) is 10.3 Å². The highest BCUT2D eigenvalue weighted by atomic mass is 32.1. The summed E-state index contributed by atoms with van der Waals surface area (Å²) in [5.41, 5.74) is 0. The number of hydrogen-bond donors (Lipinski definition) is 0. The fourth-order valence-corrected chi connectivity index (χ4v) is 1.96. The van der Waals surface area contributed by atoms with Crippen LogP contribution in [0.25, 0.3) is 10.2 Å². The Morgan fingerprint density at radius 1 is 1.60 bits per heavy atom. The number of thiophene rings is 1. The van der Waals surface area contributed by atoms with E-state index < -0.39 is 0 Å². The minimum atomic E-state index is 1.14. The molecular weight excluding hydrogens is 144 g/mol. The Morgan fingerprint density at radius 3 is 3.10 bits per heavy atom. The Kier molecular flexibility index (Phi) is 1.08. The van der Waals surface area contributed by atoms with Gasteiger partial charge in [0.1, 0.15) is 4.83 Å². The van der Waals surface area contributed by atoms with Gasteiger partial charge >= 0.3 is 0 Å². The summed E-state index contributed by atoms with van der Waals surface area (Å²) < 4.78 is 1.85. The third-order valence-corrected chi connectivity index (χ3v) is 2.39. The highest BCUT2D eigenvalue weighted by Gasteiger charge is 2.00. The van der Waals surface area contributed by atoms with Crippen LogP contribution in [0, 0.1) is 6.92 Å². The summed E-state index contributed by atoms with van der Waals surface area (Å²) in [5, 5.41) is 5.52. The van der Waals surface area contributed by atoms with Gasteiger partial charge in [0.25, 0.3) is 0 Å². The van der Waals surface area contributed by atoms with Crippen LogP contribution in [0.2, 0.25) is 0 Å². The number of hydrogen-bond acceptors (Lipinski definition) is 2. The molecule has 0 atom stereocenters. The van der Waals surface area contributed by atoms with E-state index in [1.807, 2.05) is 17.9 Å². The van der Waals surface area contributed by atoms with Crippen molar-refractivity contribution in [1.82, 2.24) is 9.78 Å². The van der Waals surface area contributed by atoms with Crippen LogP contribution in [0.5, 0.6) is 0 Å². The van der Waals surface area contributed by atoms with Crippen molar-refractivity contribution < 1.29 is 0 Å². The van der Waals surface area contributed by atoms with Crippen LogP contribution in [0.1, 0.15) is 4.88 Å². The maximum absolute atomic E-state index is 4.27. The number of fused-ring (bicyclic) bond motifs is 1. The lowest BCUT2D eigenvalue weighted by Gasteiger charge is -1.81. The second kappa shape index (κ2) is 1.83. The van der Waals surface area contributed by atoms with Crippen LogP contribution in [-0.2, 0) is 7.05 Å². The van der Waals surface area contributed by atoms with E-state index in [0.29, 0.717) is 0 Å². The fourth-order valence-electron chi connectivity index (χ4n) is 1.07. The molecule has 2 rings (SSSR count). The van der Waals surface area contributed by atoms with Gasteiger partial charge in [-0.05, 0) is 13.0 Å². The SMILES string of the molecule is Cc1cc2cn(C)nc2s1.